The molecular formula is C16H15ClN2O. The van der Waals surface area contributed by atoms with Gasteiger partial charge < -0.3 is 4.74 Å². The first-order chi connectivity index (χ1) is 9.85. The fourth-order valence-electron chi connectivity index (χ4n) is 2.44. The van der Waals surface area contributed by atoms with Crippen molar-refractivity contribution in [1.29, 1.82) is 0 Å². The van der Waals surface area contributed by atoms with Crippen LogP contribution in [0.1, 0.15) is 11.4 Å². The van der Waals surface area contributed by atoms with Crippen molar-refractivity contribution in [3.05, 3.63) is 59.9 Å². The second-order valence-corrected chi connectivity index (χ2v) is 4.81. The molecule has 0 fully saturated rings. The topological polar surface area (TPSA) is 27.1 Å². The predicted molar refractivity (Wildman–Crippen MR) is 81.3 cm³/mol. The van der Waals surface area contributed by atoms with Crippen LogP contribution in [0, 0.1) is 0 Å². The summed E-state index contributed by atoms with van der Waals surface area (Å²) in [5.41, 5.74) is 4.20. The minimum absolute atomic E-state index is 0.371. The zero-order valence-electron chi connectivity index (χ0n) is 11.2. The number of aromatic nitrogens is 2. The molecule has 0 amide bonds. The van der Waals surface area contributed by atoms with E-state index in [4.69, 9.17) is 16.3 Å². The first-order valence-electron chi connectivity index (χ1n) is 6.44. The van der Waals surface area contributed by atoms with E-state index < -0.39 is 0 Å². The Labute approximate surface area is 122 Å². The Kier molecular flexibility index (Phi) is 3.72. The maximum atomic E-state index is 6.07. The van der Waals surface area contributed by atoms with Crippen molar-refractivity contribution in [3.8, 4) is 5.69 Å². The summed E-state index contributed by atoms with van der Waals surface area (Å²) in [6.07, 6.45) is 0. The minimum Gasteiger partial charge on any atom is -0.380 e. The Morgan fingerprint density at radius 1 is 1.10 bits per heavy atom. The number of para-hydroxylation sites is 3. The molecule has 0 radical (unpaired) electrons. The monoisotopic (exact) mass is 286 g/mol. The van der Waals surface area contributed by atoms with Gasteiger partial charge in [-0.05, 0) is 18.2 Å². The van der Waals surface area contributed by atoms with Crippen molar-refractivity contribution in [2.45, 2.75) is 12.5 Å². The number of hydrogen-bond acceptors (Lipinski definition) is 2. The molecule has 0 spiro atoms. The Bertz CT molecular complexity index is 736. The van der Waals surface area contributed by atoms with Gasteiger partial charge in [0.05, 0.1) is 29.2 Å². The number of benzene rings is 2. The van der Waals surface area contributed by atoms with E-state index in [9.17, 15) is 0 Å². The zero-order valence-corrected chi connectivity index (χ0v) is 12.0. The number of halogens is 1. The van der Waals surface area contributed by atoms with E-state index in [1.807, 2.05) is 30.3 Å². The maximum absolute atomic E-state index is 6.07. The van der Waals surface area contributed by atoms with Crippen LogP contribution in [0.5, 0.6) is 0 Å². The highest BCUT2D eigenvalue weighted by Crippen LogP contribution is 2.25. The molecule has 0 saturated carbocycles. The smallest absolute Gasteiger partial charge is 0.129 e. The molecule has 0 saturated heterocycles. The van der Waals surface area contributed by atoms with Gasteiger partial charge in [0.1, 0.15) is 5.82 Å². The van der Waals surface area contributed by atoms with E-state index in [1.165, 1.54) is 0 Å². The van der Waals surface area contributed by atoms with Crippen LogP contribution < -0.4 is 0 Å². The molecule has 0 unspecified atom stereocenters. The van der Waals surface area contributed by atoms with Gasteiger partial charge >= 0.3 is 0 Å². The largest absolute Gasteiger partial charge is 0.380 e. The van der Waals surface area contributed by atoms with Crippen LogP contribution in [-0.4, -0.2) is 16.7 Å². The summed E-state index contributed by atoms with van der Waals surface area (Å²) in [6, 6.07) is 16.2. The molecular weight excluding hydrogens is 272 g/mol. The summed E-state index contributed by atoms with van der Waals surface area (Å²) in [5.74, 6) is 1.21. The van der Waals surface area contributed by atoms with Gasteiger partial charge in [-0.2, -0.15) is 0 Å². The van der Waals surface area contributed by atoms with Gasteiger partial charge in [0.25, 0.3) is 0 Å². The zero-order chi connectivity index (χ0) is 13.9. The third-order valence-electron chi connectivity index (χ3n) is 3.28. The number of imidazole rings is 1. The molecule has 1 heterocycles. The quantitative estimate of drug-likeness (QED) is 0.680. The van der Waals surface area contributed by atoms with Gasteiger partial charge in [-0.15, -0.1) is 11.6 Å². The molecule has 0 bridgehead atoms. The average molecular weight is 287 g/mol. The highest BCUT2D eigenvalue weighted by atomic mass is 35.5. The lowest BCUT2D eigenvalue weighted by molar-refractivity contribution is 0.185. The molecule has 0 aliphatic rings. The van der Waals surface area contributed by atoms with E-state index in [-0.39, 0.29) is 0 Å². The molecule has 3 nitrogen and oxygen atoms in total. The number of ether oxygens (including phenoxy) is 1. The Hall–Kier alpha value is -1.84. The molecule has 3 aromatic rings. The minimum atomic E-state index is 0.371. The van der Waals surface area contributed by atoms with Crippen LogP contribution >= 0.6 is 11.6 Å². The average Bonchev–Trinajstić information content (AvgIpc) is 2.86. The van der Waals surface area contributed by atoms with Gasteiger partial charge in [0, 0.05) is 12.7 Å². The summed E-state index contributed by atoms with van der Waals surface area (Å²) in [6.45, 7) is 0.560. The first-order valence-corrected chi connectivity index (χ1v) is 6.98. The van der Waals surface area contributed by atoms with Crippen molar-refractivity contribution in [2.75, 3.05) is 7.11 Å². The SMILES string of the molecule is COCc1ccccc1-n1c(CCl)nc2ccccc21. The summed E-state index contributed by atoms with van der Waals surface area (Å²) < 4.78 is 7.39. The summed E-state index contributed by atoms with van der Waals surface area (Å²) >= 11 is 6.07. The number of rotatable bonds is 4. The molecule has 0 atom stereocenters. The van der Waals surface area contributed by atoms with Gasteiger partial charge in [-0.1, -0.05) is 30.3 Å². The second kappa shape index (κ2) is 5.65. The third-order valence-corrected chi connectivity index (χ3v) is 3.52. The van der Waals surface area contributed by atoms with Gasteiger partial charge in [0.15, 0.2) is 0 Å². The Morgan fingerprint density at radius 2 is 1.85 bits per heavy atom. The molecule has 0 aliphatic carbocycles. The van der Waals surface area contributed by atoms with Gasteiger partial charge in [0.2, 0.25) is 0 Å². The third kappa shape index (κ3) is 2.19. The van der Waals surface area contributed by atoms with Crippen molar-refractivity contribution in [2.24, 2.45) is 0 Å². The highest BCUT2D eigenvalue weighted by Gasteiger charge is 2.13. The number of nitrogens with zero attached hydrogens (tertiary/aromatic N) is 2. The summed E-state index contributed by atoms with van der Waals surface area (Å²) in [4.78, 5) is 4.60. The lowest BCUT2D eigenvalue weighted by atomic mass is 10.2. The van der Waals surface area contributed by atoms with E-state index in [0.717, 1.165) is 28.1 Å². The number of methoxy groups -OCH3 is 1. The number of hydrogen-bond donors (Lipinski definition) is 0. The Balaban J connectivity index is 2.28. The van der Waals surface area contributed by atoms with E-state index >= 15 is 0 Å². The van der Waals surface area contributed by atoms with Crippen LogP contribution in [-0.2, 0) is 17.2 Å². The molecule has 4 heteroatoms. The van der Waals surface area contributed by atoms with Gasteiger partial charge in [-0.3, -0.25) is 4.57 Å². The number of alkyl halides is 1. The van der Waals surface area contributed by atoms with Crippen LogP contribution in [0.2, 0.25) is 0 Å². The van der Waals surface area contributed by atoms with Crippen LogP contribution in [0.15, 0.2) is 48.5 Å². The van der Waals surface area contributed by atoms with Crippen LogP contribution in [0.4, 0.5) is 0 Å². The van der Waals surface area contributed by atoms with Gasteiger partial charge in [-0.25, -0.2) is 4.98 Å². The lowest BCUT2D eigenvalue weighted by Gasteiger charge is -2.12. The van der Waals surface area contributed by atoms with Crippen molar-refractivity contribution in [1.82, 2.24) is 9.55 Å². The first kappa shape index (κ1) is 13.2. The molecule has 1 aromatic heterocycles. The molecule has 0 N–H and O–H groups in total. The van der Waals surface area contributed by atoms with E-state index in [1.54, 1.807) is 7.11 Å². The predicted octanol–water partition coefficient (Wildman–Crippen LogP) is 3.91. The second-order valence-electron chi connectivity index (χ2n) is 4.55. The fraction of sp³-hybridized carbons (Fsp3) is 0.188. The normalized spacial score (nSPS) is 11.1. The maximum Gasteiger partial charge on any atom is 0.129 e. The summed E-state index contributed by atoms with van der Waals surface area (Å²) in [5, 5.41) is 0. The molecule has 3 rings (SSSR count). The molecule has 2 aromatic carbocycles. The van der Waals surface area contributed by atoms with Crippen LogP contribution in [0.3, 0.4) is 0 Å². The lowest BCUT2D eigenvalue weighted by Crippen LogP contribution is -2.04. The van der Waals surface area contributed by atoms with Crippen molar-refractivity contribution >= 4 is 22.6 Å². The molecule has 20 heavy (non-hydrogen) atoms. The summed E-state index contributed by atoms with van der Waals surface area (Å²) in [7, 11) is 1.70. The van der Waals surface area contributed by atoms with Crippen molar-refractivity contribution < 1.29 is 4.74 Å². The molecule has 0 aliphatic heterocycles. The number of fused-ring (bicyclic) bond motifs is 1. The molecule has 102 valence electrons. The van der Waals surface area contributed by atoms with E-state index in [0.29, 0.717) is 12.5 Å². The van der Waals surface area contributed by atoms with Crippen LogP contribution in [0.25, 0.3) is 16.7 Å². The van der Waals surface area contributed by atoms with E-state index in [2.05, 4.69) is 27.8 Å². The fourth-order valence-corrected chi connectivity index (χ4v) is 2.62. The van der Waals surface area contributed by atoms with Crippen molar-refractivity contribution in [3.63, 3.8) is 0 Å². The standard InChI is InChI=1S/C16H15ClN2O/c1-20-11-12-6-2-4-8-14(12)19-15-9-5-3-7-13(15)18-16(19)10-17/h2-9H,10-11H2,1H3. The highest BCUT2D eigenvalue weighted by molar-refractivity contribution is 6.17. The Morgan fingerprint density at radius 3 is 2.65 bits per heavy atom.